The quantitative estimate of drug-likeness (QED) is 0.912. The molecule has 2 aromatic carbocycles. The van der Waals surface area contributed by atoms with Crippen molar-refractivity contribution in [3.8, 4) is 16.9 Å². The van der Waals surface area contributed by atoms with E-state index >= 15 is 0 Å². The molecule has 1 aliphatic heterocycles. The highest BCUT2D eigenvalue weighted by Crippen LogP contribution is 2.55. The molecule has 136 valence electrons. The zero-order chi connectivity index (χ0) is 18.5. The molecule has 4 nitrogen and oxygen atoms in total. The minimum absolute atomic E-state index is 0.119. The lowest BCUT2D eigenvalue weighted by Crippen LogP contribution is -2.44. The smallest absolute Gasteiger partial charge is 0.425 e. The van der Waals surface area contributed by atoms with Crippen molar-refractivity contribution in [1.29, 1.82) is 0 Å². The van der Waals surface area contributed by atoms with E-state index in [2.05, 4.69) is 0 Å². The minimum Gasteiger partial charge on any atom is -0.484 e. The van der Waals surface area contributed by atoms with Crippen LogP contribution in [0.4, 0.5) is 13.2 Å². The number of likely N-dealkylation sites (tertiary alicyclic amines) is 1. The lowest BCUT2D eigenvalue weighted by atomic mass is 9.91. The second-order valence-corrected chi connectivity index (χ2v) is 6.48. The molecule has 1 aliphatic carbocycles. The Balaban J connectivity index is 1.69. The Bertz CT molecular complexity index is 877. The van der Waals surface area contributed by atoms with Crippen molar-refractivity contribution in [2.75, 3.05) is 19.7 Å². The average molecular weight is 363 g/mol. The third-order valence-electron chi connectivity index (χ3n) is 4.97. The lowest BCUT2D eigenvalue weighted by Gasteiger charge is -2.31. The summed E-state index contributed by atoms with van der Waals surface area (Å²) in [6, 6.07) is 10.1. The van der Waals surface area contributed by atoms with Gasteiger partial charge in [-0.1, -0.05) is 30.3 Å². The summed E-state index contributed by atoms with van der Waals surface area (Å²) in [5, 5.41) is 10.6. The number of halogens is 3. The van der Waals surface area contributed by atoms with E-state index in [4.69, 9.17) is 4.74 Å². The molecule has 1 atom stereocenters. The Morgan fingerprint density at radius 2 is 1.81 bits per heavy atom. The zero-order valence-electron chi connectivity index (χ0n) is 13.7. The summed E-state index contributed by atoms with van der Waals surface area (Å²) >= 11 is 0. The third-order valence-corrected chi connectivity index (χ3v) is 4.97. The van der Waals surface area contributed by atoms with E-state index in [0.29, 0.717) is 24.2 Å². The number of fused-ring (bicyclic) bond motifs is 3. The second kappa shape index (κ2) is 5.74. The van der Waals surface area contributed by atoms with Crippen LogP contribution in [0, 0.1) is 0 Å². The van der Waals surface area contributed by atoms with Crippen LogP contribution in [0.3, 0.4) is 0 Å². The molecule has 0 saturated carbocycles. The normalized spacial score (nSPS) is 21.0. The maximum atomic E-state index is 13.8. The molecule has 0 bridgehead atoms. The summed E-state index contributed by atoms with van der Waals surface area (Å²) in [7, 11) is 0. The fraction of sp³-hybridized carbons (Fsp3) is 0.316. The second-order valence-electron chi connectivity index (χ2n) is 6.48. The Kier molecular flexibility index (Phi) is 3.73. The van der Waals surface area contributed by atoms with Crippen LogP contribution in [0.25, 0.3) is 11.1 Å². The molecule has 0 spiro atoms. The van der Waals surface area contributed by atoms with Crippen LogP contribution >= 0.6 is 0 Å². The number of carbonyl (C=O) groups excluding carboxylic acids is 1. The first-order valence-corrected chi connectivity index (χ1v) is 8.26. The predicted molar refractivity (Wildman–Crippen MR) is 87.6 cm³/mol. The molecule has 2 aliphatic rings. The molecule has 2 aromatic rings. The highest BCUT2D eigenvalue weighted by molar-refractivity contribution is 5.81. The van der Waals surface area contributed by atoms with Crippen molar-refractivity contribution in [2.45, 2.75) is 18.2 Å². The molecular formula is C19H16F3NO3. The Labute approximate surface area is 147 Å². The topological polar surface area (TPSA) is 49.8 Å². The summed E-state index contributed by atoms with van der Waals surface area (Å²) in [6.07, 6.45) is -3.94. The molecule has 7 heteroatoms. The van der Waals surface area contributed by atoms with Crippen molar-refractivity contribution < 1.29 is 27.8 Å². The first kappa shape index (κ1) is 16.9. The highest BCUT2D eigenvalue weighted by Gasteiger charge is 2.60. The summed E-state index contributed by atoms with van der Waals surface area (Å²) in [6.45, 7) is 1.11. The number of alkyl halides is 3. The molecular weight excluding hydrogens is 347 g/mol. The van der Waals surface area contributed by atoms with Crippen LogP contribution in [0.2, 0.25) is 0 Å². The van der Waals surface area contributed by atoms with Gasteiger partial charge in [-0.25, -0.2) is 0 Å². The van der Waals surface area contributed by atoms with E-state index in [0.717, 1.165) is 6.42 Å². The van der Waals surface area contributed by atoms with Crippen molar-refractivity contribution in [3.05, 3.63) is 53.6 Å². The molecule has 1 fully saturated rings. The van der Waals surface area contributed by atoms with Gasteiger partial charge in [0.15, 0.2) is 6.61 Å². The number of benzene rings is 2. The monoisotopic (exact) mass is 363 g/mol. The maximum Gasteiger partial charge on any atom is 0.425 e. The summed E-state index contributed by atoms with van der Waals surface area (Å²) in [4.78, 5) is 13.5. The molecule has 1 heterocycles. The van der Waals surface area contributed by atoms with Gasteiger partial charge in [-0.3, -0.25) is 4.79 Å². The van der Waals surface area contributed by atoms with Crippen molar-refractivity contribution in [2.24, 2.45) is 0 Å². The minimum atomic E-state index is -4.89. The van der Waals surface area contributed by atoms with Gasteiger partial charge in [-0.05, 0) is 29.7 Å². The lowest BCUT2D eigenvalue weighted by molar-refractivity contribution is -0.246. The Hall–Kier alpha value is -2.54. The largest absolute Gasteiger partial charge is 0.484 e. The van der Waals surface area contributed by atoms with Crippen molar-refractivity contribution in [3.63, 3.8) is 0 Å². The molecule has 26 heavy (non-hydrogen) atoms. The first-order valence-electron chi connectivity index (χ1n) is 8.26. The van der Waals surface area contributed by atoms with E-state index < -0.39 is 11.8 Å². The summed E-state index contributed by atoms with van der Waals surface area (Å²) in [5.74, 6) is -0.0841. The van der Waals surface area contributed by atoms with E-state index in [-0.39, 0.29) is 29.4 Å². The van der Waals surface area contributed by atoms with Gasteiger partial charge in [0, 0.05) is 24.2 Å². The van der Waals surface area contributed by atoms with Crippen LogP contribution in [-0.4, -0.2) is 41.8 Å². The van der Waals surface area contributed by atoms with Gasteiger partial charge < -0.3 is 14.7 Å². The molecule has 4 rings (SSSR count). The number of aliphatic hydroxyl groups is 1. The summed E-state index contributed by atoms with van der Waals surface area (Å²) < 4.78 is 46.7. The van der Waals surface area contributed by atoms with E-state index in [1.54, 1.807) is 17.0 Å². The number of hydrogen-bond acceptors (Lipinski definition) is 3. The van der Waals surface area contributed by atoms with Gasteiger partial charge in [0.25, 0.3) is 5.91 Å². The maximum absolute atomic E-state index is 13.8. The molecule has 1 unspecified atom stereocenters. The molecule has 0 aromatic heterocycles. The number of rotatable bonds is 3. The number of ether oxygens (including phenoxy) is 1. The van der Waals surface area contributed by atoms with E-state index in [1.807, 2.05) is 0 Å². The number of hydrogen-bond donors (Lipinski definition) is 1. The molecule has 1 saturated heterocycles. The Morgan fingerprint density at radius 1 is 1.12 bits per heavy atom. The van der Waals surface area contributed by atoms with Crippen LogP contribution in [-0.2, 0) is 10.4 Å². The fourth-order valence-electron chi connectivity index (χ4n) is 3.43. The van der Waals surface area contributed by atoms with Crippen LogP contribution in [0.1, 0.15) is 17.5 Å². The fourth-order valence-corrected chi connectivity index (χ4v) is 3.43. The Morgan fingerprint density at radius 3 is 2.46 bits per heavy atom. The summed E-state index contributed by atoms with van der Waals surface area (Å²) in [5.41, 5.74) is -2.93. The van der Waals surface area contributed by atoms with Crippen LogP contribution in [0.15, 0.2) is 42.5 Å². The zero-order valence-corrected chi connectivity index (χ0v) is 13.7. The van der Waals surface area contributed by atoms with Crippen LogP contribution < -0.4 is 4.74 Å². The third kappa shape index (κ3) is 2.38. The van der Waals surface area contributed by atoms with Crippen molar-refractivity contribution in [1.82, 2.24) is 4.90 Å². The average Bonchev–Trinajstić information content (AvgIpc) is 2.82. The standard InChI is InChI=1S/C19H16F3NO3/c20-19(21,22)18(25)15-5-2-1-4-13(15)14-7-6-12(10-16(14)18)26-11-17(24)23-8-3-9-23/h1-2,4-7,10,25H,3,8-9,11H2. The predicted octanol–water partition coefficient (Wildman–Crippen LogP) is 3.08. The van der Waals surface area contributed by atoms with Gasteiger partial charge in [-0.2, -0.15) is 13.2 Å². The van der Waals surface area contributed by atoms with Gasteiger partial charge in [0.1, 0.15) is 5.75 Å². The van der Waals surface area contributed by atoms with Gasteiger partial charge in [-0.15, -0.1) is 0 Å². The van der Waals surface area contributed by atoms with Gasteiger partial charge in [0.05, 0.1) is 0 Å². The molecule has 1 N–H and O–H groups in total. The number of nitrogens with zero attached hydrogens (tertiary/aromatic N) is 1. The van der Waals surface area contributed by atoms with E-state index in [1.165, 1.54) is 30.3 Å². The van der Waals surface area contributed by atoms with E-state index in [9.17, 15) is 23.1 Å². The molecule has 0 radical (unpaired) electrons. The van der Waals surface area contributed by atoms with Crippen LogP contribution in [0.5, 0.6) is 5.75 Å². The first-order chi connectivity index (χ1) is 12.3. The van der Waals surface area contributed by atoms with Gasteiger partial charge >= 0.3 is 6.18 Å². The SMILES string of the molecule is O=C(COc1ccc2c(c1)C(O)(C(F)(F)F)c1ccccc1-2)N1CCC1. The highest BCUT2D eigenvalue weighted by atomic mass is 19.4. The molecule has 1 amide bonds. The van der Waals surface area contributed by atoms with Crippen molar-refractivity contribution >= 4 is 5.91 Å². The number of carbonyl (C=O) groups is 1. The van der Waals surface area contributed by atoms with Gasteiger partial charge in [0.2, 0.25) is 5.60 Å². The number of amides is 1.